The number of ether oxygens (including phenoxy) is 1. The van der Waals surface area contributed by atoms with Gasteiger partial charge in [-0.2, -0.15) is 0 Å². The van der Waals surface area contributed by atoms with Crippen LogP contribution in [0.5, 0.6) is 0 Å². The van der Waals surface area contributed by atoms with Gasteiger partial charge in [0.25, 0.3) is 5.91 Å². The second-order valence-electron chi connectivity index (χ2n) is 4.79. The van der Waals surface area contributed by atoms with E-state index in [-0.39, 0.29) is 12.3 Å². The molecule has 0 saturated carbocycles. The van der Waals surface area contributed by atoms with E-state index in [0.29, 0.717) is 10.0 Å². The molecule has 122 valence electrons. The Morgan fingerprint density at radius 3 is 2.42 bits per heavy atom. The van der Waals surface area contributed by atoms with Crippen LogP contribution in [-0.2, 0) is 9.53 Å². The minimum Gasteiger partial charge on any atom is -0.457 e. The molecule has 0 aliphatic carbocycles. The van der Waals surface area contributed by atoms with Crippen LogP contribution in [0.1, 0.15) is 15.9 Å². The third-order valence-corrected chi connectivity index (χ3v) is 3.72. The molecular weight excluding hydrogens is 370 g/mol. The number of halogens is 1. The van der Waals surface area contributed by atoms with E-state index < -0.39 is 11.9 Å². The van der Waals surface area contributed by atoms with Crippen LogP contribution >= 0.6 is 15.9 Å². The highest BCUT2D eigenvalue weighted by molar-refractivity contribution is 9.10. The number of amides is 1. The molecule has 0 bridgehead atoms. The summed E-state index contributed by atoms with van der Waals surface area (Å²) in [6.45, 7) is 3.57. The Balaban J connectivity index is 2.27. The number of hydrogen-bond donors (Lipinski definition) is 1. The van der Waals surface area contributed by atoms with Crippen LogP contribution in [0.25, 0.3) is 6.08 Å². The van der Waals surface area contributed by atoms with Crippen molar-refractivity contribution in [2.45, 2.75) is 0 Å². The predicted octanol–water partition coefficient (Wildman–Crippen LogP) is 3.95. The quantitative estimate of drug-likeness (QED) is 0.465. The largest absolute Gasteiger partial charge is 0.457 e. The Bertz CT molecular complexity index is 769. The molecule has 0 atom stereocenters. The molecule has 1 amide bonds. The smallest absolute Gasteiger partial charge is 0.355 e. The molecule has 0 aromatic heterocycles. The van der Waals surface area contributed by atoms with Gasteiger partial charge in [-0.25, -0.2) is 4.79 Å². The minimum atomic E-state index is -0.626. The van der Waals surface area contributed by atoms with E-state index >= 15 is 0 Å². The first kappa shape index (κ1) is 17.7. The highest BCUT2D eigenvalue weighted by atomic mass is 79.9. The molecule has 0 saturated heterocycles. The van der Waals surface area contributed by atoms with Gasteiger partial charge in [0, 0.05) is 4.47 Å². The Morgan fingerprint density at radius 2 is 1.75 bits per heavy atom. The second kappa shape index (κ2) is 8.84. The molecule has 1 N–H and O–H groups in total. The van der Waals surface area contributed by atoms with Gasteiger partial charge in [-0.3, -0.25) is 4.79 Å². The minimum absolute atomic E-state index is 0.0591. The number of benzene rings is 2. The molecule has 0 aliphatic rings. The maximum Gasteiger partial charge on any atom is 0.355 e. The van der Waals surface area contributed by atoms with E-state index in [9.17, 15) is 9.59 Å². The van der Waals surface area contributed by atoms with Crippen LogP contribution in [-0.4, -0.2) is 18.5 Å². The zero-order valence-electron chi connectivity index (χ0n) is 12.9. The zero-order valence-corrected chi connectivity index (χ0v) is 14.5. The van der Waals surface area contributed by atoms with Crippen LogP contribution in [0.4, 0.5) is 0 Å². The summed E-state index contributed by atoms with van der Waals surface area (Å²) in [4.78, 5) is 24.6. The molecule has 0 spiro atoms. The monoisotopic (exact) mass is 385 g/mol. The molecule has 0 radical (unpaired) electrons. The number of carbonyl (C=O) groups is 2. The number of carbonyl (C=O) groups excluding carboxylic acids is 2. The highest BCUT2D eigenvalue weighted by Crippen LogP contribution is 2.16. The molecule has 5 heteroatoms. The fourth-order valence-electron chi connectivity index (χ4n) is 1.91. The molecular formula is C19H16BrNO3. The Morgan fingerprint density at radius 1 is 1.08 bits per heavy atom. The normalized spacial score (nSPS) is 10.8. The number of rotatable bonds is 6. The fourth-order valence-corrected chi connectivity index (χ4v) is 2.37. The first-order valence-electron chi connectivity index (χ1n) is 7.22. The van der Waals surface area contributed by atoms with Crippen molar-refractivity contribution < 1.29 is 14.3 Å². The van der Waals surface area contributed by atoms with Gasteiger partial charge in [-0.15, -0.1) is 0 Å². The van der Waals surface area contributed by atoms with E-state index in [1.165, 1.54) is 6.08 Å². The van der Waals surface area contributed by atoms with Crippen LogP contribution in [0.3, 0.4) is 0 Å². The first-order valence-corrected chi connectivity index (χ1v) is 8.01. The van der Waals surface area contributed by atoms with E-state index in [4.69, 9.17) is 4.74 Å². The van der Waals surface area contributed by atoms with Crippen LogP contribution in [0.15, 0.2) is 77.4 Å². The summed E-state index contributed by atoms with van der Waals surface area (Å²) in [6, 6.07) is 16.2. The van der Waals surface area contributed by atoms with Crippen LogP contribution < -0.4 is 5.32 Å². The maximum atomic E-state index is 12.4. The summed E-state index contributed by atoms with van der Waals surface area (Å²) >= 11 is 3.32. The van der Waals surface area contributed by atoms with Gasteiger partial charge in [0.1, 0.15) is 12.3 Å². The van der Waals surface area contributed by atoms with E-state index in [2.05, 4.69) is 27.8 Å². The second-order valence-corrected chi connectivity index (χ2v) is 5.64. The van der Waals surface area contributed by atoms with Crippen molar-refractivity contribution in [2.75, 3.05) is 6.61 Å². The zero-order chi connectivity index (χ0) is 17.4. The van der Waals surface area contributed by atoms with E-state index in [1.54, 1.807) is 30.3 Å². The molecule has 24 heavy (non-hydrogen) atoms. The lowest BCUT2D eigenvalue weighted by Gasteiger charge is -2.10. The van der Waals surface area contributed by atoms with Gasteiger partial charge >= 0.3 is 5.97 Å². The Kier molecular flexibility index (Phi) is 6.51. The lowest BCUT2D eigenvalue weighted by molar-refractivity contribution is -0.138. The van der Waals surface area contributed by atoms with Crippen LogP contribution in [0, 0.1) is 0 Å². The van der Waals surface area contributed by atoms with Crippen LogP contribution in [0.2, 0.25) is 0 Å². The van der Waals surface area contributed by atoms with Crippen molar-refractivity contribution >= 4 is 33.9 Å². The van der Waals surface area contributed by atoms with Crippen molar-refractivity contribution in [2.24, 2.45) is 0 Å². The van der Waals surface area contributed by atoms with Crippen molar-refractivity contribution in [3.63, 3.8) is 0 Å². The highest BCUT2D eigenvalue weighted by Gasteiger charge is 2.17. The topological polar surface area (TPSA) is 55.4 Å². The molecule has 0 aliphatic heterocycles. The number of hydrogen-bond acceptors (Lipinski definition) is 3. The molecule has 0 fully saturated rings. The number of esters is 1. The van der Waals surface area contributed by atoms with Crippen molar-refractivity contribution in [1.29, 1.82) is 0 Å². The molecule has 2 aromatic carbocycles. The summed E-state index contributed by atoms with van der Waals surface area (Å²) < 4.78 is 5.68. The average Bonchev–Trinajstić information content (AvgIpc) is 2.60. The molecule has 0 unspecified atom stereocenters. The van der Waals surface area contributed by atoms with Crippen molar-refractivity contribution in [3.8, 4) is 0 Å². The average molecular weight is 386 g/mol. The maximum absolute atomic E-state index is 12.4. The van der Waals surface area contributed by atoms with Gasteiger partial charge in [-0.1, -0.05) is 55.1 Å². The third-order valence-electron chi connectivity index (χ3n) is 3.03. The summed E-state index contributed by atoms with van der Waals surface area (Å²) in [6.07, 6.45) is 3.04. The first-order chi connectivity index (χ1) is 11.6. The lowest BCUT2D eigenvalue weighted by Crippen LogP contribution is -2.28. The number of nitrogens with one attached hydrogen (secondary N) is 1. The summed E-state index contributed by atoms with van der Waals surface area (Å²) in [7, 11) is 0. The summed E-state index contributed by atoms with van der Waals surface area (Å²) in [5, 5.41) is 2.61. The van der Waals surface area contributed by atoms with Gasteiger partial charge in [0.2, 0.25) is 0 Å². The van der Waals surface area contributed by atoms with E-state index in [1.807, 2.05) is 30.3 Å². The van der Waals surface area contributed by atoms with Gasteiger partial charge < -0.3 is 10.1 Å². The standard InChI is InChI=1S/C19H16BrNO3/c1-2-12-24-19(23)17(13-14-8-4-3-5-9-14)21-18(22)15-10-6-7-11-16(15)20/h2-11,13H,1,12H2,(H,21,22). The fraction of sp³-hybridized carbons (Fsp3) is 0.0526. The van der Waals surface area contributed by atoms with Gasteiger partial charge in [0.05, 0.1) is 5.56 Å². The molecule has 0 heterocycles. The van der Waals surface area contributed by atoms with Crippen molar-refractivity contribution in [3.05, 3.63) is 88.5 Å². The van der Waals surface area contributed by atoms with Gasteiger partial charge in [0.15, 0.2) is 0 Å². The Hall–Kier alpha value is -2.66. The summed E-state index contributed by atoms with van der Waals surface area (Å²) in [5.74, 6) is -1.03. The lowest BCUT2D eigenvalue weighted by atomic mass is 10.1. The molecule has 4 nitrogen and oxygen atoms in total. The van der Waals surface area contributed by atoms with Gasteiger partial charge in [-0.05, 0) is 39.7 Å². The molecule has 2 rings (SSSR count). The summed E-state index contributed by atoms with van der Waals surface area (Å²) in [5.41, 5.74) is 1.26. The predicted molar refractivity (Wildman–Crippen MR) is 97.2 cm³/mol. The Labute approximate surface area is 149 Å². The SMILES string of the molecule is C=CCOC(=O)C(=Cc1ccccc1)NC(=O)c1ccccc1Br. The third kappa shape index (κ3) is 4.93. The van der Waals surface area contributed by atoms with E-state index in [0.717, 1.165) is 5.56 Å². The molecule has 2 aromatic rings. The van der Waals surface area contributed by atoms with Crippen molar-refractivity contribution in [1.82, 2.24) is 5.32 Å².